The van der Waals surface area contributed by atoms with Crippen LogP contribution >= 0.6 is 11.6 Å². The van der Waals surface area contributed by atoms with E-state index in [0.717, 1.165) is 6.07 Å². The van der Waals surface area contributed by atoms with Crippen LogP contribution in [0.5, 0.6) is 0 Å². The number of halogens is 5. The standard InChI is InChI=1S/C8H4ClF4NO/c9-7(14-15)4-1-5(8(11,12)13)3-6(10)2-4/h1-3,15H. The molecular weight excluding hydrogens is 238 g/mol. The zero-order chi connectivity index (χ0) is 11.6. The van der Waals surface area contributed by atoms with Crippen LogP contribution in [0.4, 0.5) is 17.6 Å². The average molecular weight is 242 g/mol. The van der Waals surface area contributed by atoms with E-state index in [4.69, 9.17) is 16.8 Å². The number of hydrogen-bond acceptors (Lipinski definition) is 2. The summed E-state index contributed by atoms with van der Waals surface area (Å²) in [4.78, 5) is 0. The lowest BCUT2D eigenvalue weighted by Crippen LogP contribution is -2.07. The van der Waals surface area contributed by atoms with Crippen molar-refractivity contribution in [2.24, 2.45) is 5.16 Å². The van der Waals surface area contributed by atoms with E-state index >= 15 is 0 Å². The van der Waals surface area contributed by atoms with Crippen molar-refractivity contribution < 1.29 is 22.8 Å². The van der Waals surface area contributed by atoms with Crippen molar-refractivity contribution in [3.05, 3.63) is 35.1 Å². The highest BCUT2D eigenvalue weighted by Gasteiger charge is 2.31. The van der Waals surface area contributed by atoms with Gasteiger partial charge in [0.05, 0.1) is 5.56 Å². The molecule has 1 aromatic rings. The molecule has 15 heavy (non-hydrogen) atoms. The van der Waals surface area contributed by atoms with Gasteiger partial charge in [-0.25, -0.2) is 4.39 Å². The van der Waals surface area contributed by atoms with E-state index in [2.05, 4.69) is 5.16 Å². The van der Waals surface area contributed by atoms with Crippen molar-refractivity contribution in [2.45, 2.75) is 6.18 Å². The molecule has 0 aliphatic rings. The van der Waals surface area contributed by atoms with Crippen LogP contribution in [-0.2, 0) is 6.18 Å². The fourth-order valence-corrected chi connectivity index (χ4v) is 1.04. The molecule has 0 bridgehead atoms. The fraction of sp³-hybridized carbons (Fsp3) is 0.125. The normalized spacial score (nSPS) is 13.0. The summed E-state index contributed by atoms with van der Waals surface area (Å²) in [6.45, 7) is 0. The number of rotatable bonds is 1. The zero-order valence-corrected chi connectivity index (χ0v) is 7.77. The van der Waals surface area contributed by atoms with Crippen molar-refractivity contribution in [3.63, 3.8) is 0 Å². The van der Waals surface area contributed by atoms with Gasteiger partial charge in [0, 0.05) is 5.56 Å². The van der Waals surface area contributed by atoms with Gasteiger partial charge >= 0.3 is 6.18 Å². The largest absolute Gasteiger partial charge is 0.416 e. The van der Waals surface area contributed by atoms with Gasteiger partial charge in [-0.05, 0) is 18.2 Å². The Morgan fingerprint density at radius 3 is 2.33 bits per heavy atom. The summed E-state index contributed by atoms with van der Waals surface area (Å²) in [7, 11) is 0. The van der Waals surface area contributed by atoms with E-state index in [1.54, 1.807) is 0 Å². The highest BCUT2D eigenvalue weighted by atomic mass is 35.5. The molecule has 0 fully saturated rings. The Bertz CT molecular complexity index is 402. The van der Waals surface area contributed by atoms with Crippen LogP contribution in [0.1, 0.15) is 11.1 Å². The van der Waals surface area contributed by atoms with Crippen molar-refractivity contribution in [1.82, 2.24) is 0 Å². The maximum Gasteiger partial charge on any atom is 0.416 e. The molecule has 0 aliphatic carbocycles. The second-order valence-corrected chi connectivity index (χ2v) is 2.98. The Balaban J connectivity index is 3.29. The molecule has 0 amide bonds. The Labute approximate surface area is 86.8 Å². The molecule has 1 N–H and O–H groups in total. The highest BCUT2D eigenvalue weighted by molar-refractivity contribution is 6.69. The lowest BCUT2D eigenvalue weighted by atomic mass is 10.1. The number of nitrogens with zero attached hydrogens (tertiary/aromatic N) is 1. The van der Waals surface area contributed by atoms with Gasteiger partial charge in [0.15, 0.2) is 5.17 Å². The number of alkyl halides is 3. The van der Waals surface area contributed by atoms with Gasteiger partial charge in [-0.3, -0.25) is 0 Å². The van der Waals surface area contributed by atoms with Crippen LogP contribution in [0, 0.1) is 5.82 Å². The third kappa shape index (κ3) is 2.82. The Morgan fingerprint density at radius 2 is 1.87 bits per heavy atom. The van der Waals surface area contributed by atoms with Crippen LogP contribution in [0.25, 0.3) is 0 Å². The second kappa shape index (κ2) is 4.06. The van der Waals surface area contributed by atoms with Gasteiger partial charge in [0.25, 0.3) is 0 Å². The lowest BCUT2D eigenvalue weighted by molar-refractivity contribution is -0.137. The molecule has 0 saturated heterocycles. The van der Waals surface area contributed by atoms with E-state index in [-0.39, 0.29) is 5.56 Å². The van der Waals surface area contributed by atoms with Crippen LogP contribution in [0.2, 0.25) is 0 Å². The van der Waals surface area contributed by atoms with Crippen LogP contribution < -0.4 is 0 Å². The predicted octanol–water partition coefficient (Wildman–Crippen LogP) is 3.22. The SMILES string of the molecule is ON=C(Cl)c1cc(F)cc(C(F)(F)F)c1. The monoisotopic (exact) mass is 241 g/mol. The van der Waals surface area contributed by atoms with Gasteiger partial charge in [-0.15, -0.1) is 0 Å². The first-order chi connectivity index (χ1) is 6.84. The molecule has 0 spiro atoms. The van der Waals surface area contributed by atoms with Crippen LogP contribution in [0.15, 0.2) is 23.4 Å². The third-order valence-electron chi connectivity index (χ3n) is 1.55. The second-order valence-electron chi connectivity index (χ2n) is 2.62. The van der Waals surface area contributed by atoms with Crippen molar-refractivity contribution in [1.29, 1.82) is 0 Å². The third-order valence-corrected chi connectivity index (χ3v) is 1.84. The Morgan fingerprint density at radius 1 is 1.27 bits per heavy atom. The van der Waals surface area contributed by atoms with E-state index in [1.807, 2.05) is 0 Å². The molecule has 0 atom stereocenters. The average Bonchev–Trinajstić information content (AvgIpc) is 2.14. The molecule has 0 radical (unpaired) electrons. The maximum atomic E-state index is 12.8. The summed E-state index contributed by atoms with van der Waals surface area (Å²) in [6, 6.07) is 1.65. The molecule has 0 saturated carbocycles. The Kier molecular flexibility index (Phi) is 3.18. The summed E-state index contributed by atoms with van der Waals surface area (Å²) < 4.78 is 49.4. The summed E-state index contributed by atoms with van der Waals surface area (Å²) in [6.07, 6.45) is -4.68. The highest BCUT2D eigenvalue weighted by Crippen LogP contribution is 2.30. The summed E-state index contributed by atoms with van der Waals surface area (Å²) in [5.74, 6) is -1.11. The minimum Gasteiger partial charge on any atom is -0.410 e. The first kappa shape index (κ1) is 11.8. The molecule has 0 aromatic heterocycles. The molecular formula is C8H4ClF4NO. The summed E-state index contributed by atoms with van der Waals surface area (Å²) in [5.41, 5.74) is -1.54. The summed E-state index contributed by atoms with van der Waals surface area (Å²) in [5, 5.41) is 10.1. The van der Waals surface area contributed by atoms with E-state index in [0.29, 0.717) is 12.1 Å². The molecule has 0 heterocycles. The molecule has 82 valence electrons. The predicted molar refractivity (Wildman–Crippen MR) is 45.6 cm³/mol. The minimum atomic E-state index is -4.68. The van der Waals surface area contributed by atoms with Gasteiger partial charge in [0.1, 0.15) is 5.82 Å². The van der Waals surface area contributed by atoms with E-state index in [9.17, 15) is 17.6 Å². The first-order valence-corrected chi connectivity index (χ1v) is 3.98. The minimum absolute atomic E-state index is 0.324. The van der Waals surface area contributed by atoms with Crippen LogP contribution in [-0.4, -0.2) is 10.4 Å². The smallest absolute Gasteiger partial charge is 0.410 e. The number of oxime groups is 1. The maximum absolute atomic E-state index is 12.8. The van der Waals surface area contributed by atoms with Crippen molar-refractivity contribution in [3.8, 4) is 0 Å². The first-order valence-electron chi connectivity index (χ1n) is 3.60. The molecule has 2 nitrogen and oxygen atoms in total. The van der Waals surface area contributed by atoms with E-state index < -0.39 is 22.7 Å². The van der Waals surface area contributed by atoms with Crippen molar-refractivity contribution in [2.75, 3.05) is 0 Å². The van der Waals surface area contributed by atoms with E-state index in [1.165, 1.54) is 0 Å². The summed E-state index contributed by atoms with van der Waals surface area (Å²) >= 11 is 5.25. The molecule has 1 aromatic carbocycles. The van der Waals surface area contributed by atoms with Gasteiger partial charge < -0.3 is 5.21 Å². The van der Waals surface area contributed by atoms with Gasteiger partial charge in [-0.1, -0.05) is 16.8 Å². The number of benzene rings is 1. The zero-order valence-electron chi connectivity index (χ0n) is 7.02. The van der Waals surface area contributed by atoms with Crippen LogP contribution in [0.3, 0.4) is 0 Å². The molecule has 0 aliphatic heterocycles. The molecule has 7 heteroatoms. The molecule has 1 rings (SSSR count). The van der Waals surface area contributed by atoms with Gasteiger partial charge in [-0.2, -0.15) is 13.2 Å². The lowest BCUT2D eigenvalue weighted by Gasteiger charge is -2.07. The quantitative estimate of drug-likeness (QED) is 0.348. The Hall–Kier alpha value is -1.30. The topological polar surface area (TPSA) is 32.6 Å². The number of hydrogen-bond donors (Lipinski definition) is 1. The molecule has 0 unspecified atom stereocenters. The van der Waals surface area contributed by atoms with Crippen molar-refractivity contribution >= 4 is 16.8 Å². The fourth-order valence-electron chi connectivity index (χ4n) is 0.930. The van der Waals surface area contributed by atoms with Gasteiger partial charge in [0.2, 0.25) is 0 Å².